The molecule has 1 unspecified atom stereocenters. The first-order valence-corrected chi connectivity index (χ1v) is 11.2. The van der Waals surface area contributed by atoms with Crippen LogP contribution in [0.4, 0.5) is 0 Å². The molecule has 1 aliphatic carbocycles. The molecule has 2 fully saturated rings. The van der Waals surface area contributed by atoms with Crippen LogP contribution in [0.5, 0.6) is 0 Å². The SMILES string of the molecule is Cc1ccc(/C(O)=C2/C(=O)C(=O)N(C3CCCCC3)C2c2sccc2C)cc1C. The Kier molecular flexibility index (Phi) is 5.34. The van der Waals surface area contributed by atoms with Crippen molar-refractivity contribution in [3.8, 4) is 0 Å². The van der Waals surface area contributed by atoms with Gasteiger partial charge < -0.3 is 10.0 Å². The quantitative estimate of drug-likeness (QED) is 0.418. The van der Waals surface area contributed by atoms with E-state index in [9.17, 15) is 14.7 Å². The standard InChI is InChI=1S/C24H27NO3S/c1-14-9-10-17(13-16(14)3)21(26)19-20(23-15(2)11-12-29-23)25(24(28)22(19)27)18-7-5-4-6-8-18/h9-13,18,20,26H,4-8H2,1-3H3/b21-19-. The first kappa shape index (κ1) is 19.9. The summed E-state index contributed by atoms with van der Waals surface area (Å²) in [6.07, 6.45) is 5.14. The van der Waals surface area contributed by atoms with Crippen molar-refractivity contribution in [2.24, 2.45) is 0 Å². The Labute approximate surface area is 175 Å². The first-order valence-electron chi connectivity index (χ1n) is 10.3. The van der Waals surface area contributed by atoms with Gasteiger partial charge in [0, 0.05) is 16.5 Å². The van der Waals surface area contributed by atoms with Gasteiger partial charge >= 0.3 is 0 Å². The number of likely N-dealkylation sites (tertiary alicyclic amines) is 1. The van der Waals surface area contributed by atoms with Crippen molar-refractivity contribution in [3.05, 3.63) is 62.3 Å². The second kappa shape index (κ2) is 7.79. The van der Waals surface area contributed by atoms with Gasteiger partial charge in [-0.15, -0.1) is 11.3 Å². The molecule has 1 saturated heterocycles. The number of nitrogens with zero attached hydrogens (tertiary/aromatic N) is 1. The number of carbonyl (C=O) groups is 2. The van der Waals surface area contributed by atoms with E-state index in [1.807, 2.05) is 50.4 Å². The molecule has 1 aromatic heterocycles. The number of amides is 1. The average Bonchev–Trinajstić information content (AvgIpc) is 3.25. The van der Waals surface area contributed by atoms with Gasteiger partial charge in [-0.25, -0.2) is 0 Å². The van der Waals surface area contributed by atoms with Gasteiger partial charge in [0.05, 0.1) is 5.57 Å². The monoisotopic (exact) mass is 409 g/mol. The largest absolute Gasteiger partial charge is 0.507 e. The Morgan fingerprint density at radius 3 is 2.34 bits per heavy atom. The molecule has 152 valence electrons. The highest BCUT2D eigenvalue weighted by Gasteiger charge is 2.49. The van der Waals surface area contributed by atoms with E-state index >= 15 is 0 Å². The lowest BCUT2D eigenvalue weighted by Crippen LogP contribution is -2.40. The Morgan fingerprint density at radius 2 is 1.72 bits per heavy atom. The van der Waals surface area contributed by atoms with Gasteiger partial charge in [0.15, 0.2) is 0 Å². The van der Waals surface area contributed by atoms with Crippen LogP contribution in [0.15, 0.2) is 35.2 Å². The van der Waals surface area contributed by atoms with Crippen LogP contribution in [0.25, 0.3) is 5.76 Å². The number of ketones is 1. The molecule has 4 nitrogen and oxygen atoms in total. The summed E-state index contributed by atoms with van der Waals surface area (Å²) in [5, 5.41) is 13.2. The lowest BCUT2D eigenvalue weighted by Gasteiger charge is -2.35. The Morgan fingerprint density at radius 1 is 1.00 bits per heavy atom. The number of rotatable bonds is 3. The number of carbonyl (C=O) groups excluding carboxylic acids is 2. The van der Waals surface area contributed by atoms with Crippen LogP contribution in [0, 0.1) is 20.8 Å². The maximum Gasteiger partial charge on any atom is 0.295 e. The van der Waals surface area contributed by atoms with E-state index in [2.05, 4.69) is 0 Å². The van der Waals surface area contributed by atoms with Crippen molar-refractivity contribution < 1.29 is 14.7 Å². The minimum Gasteiger partial charge on any atom is -0.507 e. The molecule has 1 aliphatic heterocycles. The molecule has 1 atom stereocenters. The molecule has 2 heterocycles. The molecule has 1 saturated carbocycles. The van der Waals surface area contributed by atoms with Crippen LogP contribution < -0.4 is 0 Å². The number of aryl methyl sites for hydroxylation is 3. The second-order valence-corrected chi connectivity index (χ2v) is 9.21. The highest BCUT2D eigenvalue weighted by atomic mass is 32.1. The predicted octanol–water partition coefficient (Wildman–Crippen LogP) is 5.43. The number of hydrogen-bond donors (Lipinski definition) is 1. The van der Waals surface area contributed by atoms with Gasteiger partial charge in [0.1, 0.15) is 11.8 Å². The van der Waals surface area contributed by atoms with Gasteiger partial charge in [-0.2, -0.15) is 0 Å². The van der Waals surface area contributed by atoms with Crippen molar-refractivity contribution in [1.29, 1.82) is 0 Å². The lowest BCUT2D eigenvalue weighted by molar-refractivity contribution is -0.141. The fourth-order valence-electron chi connectivity index (χ4n) is 4.55. The Hall–Kier alpha value is -2.40. The van der Waals surface area contributed by atoms with Gasteiger partial charge in [0.25, 0.3) is 11.7 Å². The highest BCUT2D eigenvalue weighted by molar-refractivity contribution is 7.10. The van der Waals surface area contributed by atoms with Crippen molar-refractivity contribution in [3.63, 3.8) is 0 Å². The van der Waals surface area contributed by atoms with Crippen LogP contribution in [0.2, 0.25) is 0 Å². The summed E-state index contributed by atoms with van der Waals surface area (Å²) in [5.41, 5.74) is 4.03. The molecule has 5 heteroatoms. The number of aliphatic hydroxyl groups is 1. The van der Waals surface area contributed by atoms with E-state index in [1.165, 1.54) is 6.42 Å². The van der Waals surface area contributed by atoms with E-state index in [0.717, 1.165) is 47.3 Å². The van der Waals surface area contributed by atoms with Crippen LogP contribution in [-0.2, 0) is 9.59 Å². The minimum atomic E-state index is -0.566. The third kappa shape index (κ3) is 3.42. The Bertz CT molecular complexity index is 997. The molecule has 2 aromatic rings. The van der Waals surface area contributed by atoms with Gasteiger partial charge in [0.2, 0.25) is 0 Å². The number of hydrogen-bond acceptors (Lipinski definition) is 4. The van der Waals surface area contributed by atoms with Crippen LogP contribution in [-0.4, -0.2) is 27.7 Å². The lowest BCUT2D eigenvalue weighted by atomic mass is 9.92. The molecular weight excluding hydrogens is 382 g/mol. The van der Waals surface area contributed by atoms with Crippen LogP contribution in [0.1, 0.15) is 65.3 Å². The molecule has 2 aliphatic rings. The van der Waals surface area contributed by atoms with Gasteiger partial charge in [-0.05, 0) is 67.8 Å². The number of benzene rings is 1. The van der Waals surface area contributed by atoms with Crippen molar-refractivity contribution in [1.82, 2.24) is 4.90 Å². The number of thiophene rings is 1. The summed E-state index contributed by atoms with van der Waals surface area (Å²) < 4.78 is 0. The van der Waals surface area contributed by atoms with Crippen molar-refractivity contribution in [2.45, 2.75) is 65.0 Å². The second-order valence-electron chi connectivity index (χ2n) is 8.27. The summed E-state index contributed by atoms with van der Waals surface area (Å²) in [5.74, 6) is -1.10. The maximum absolute atomic E-state index is 13.1. The number of Topliss-reactive ketones (excluding diaryl/α,β-unsaturated/α-hetero) is 1. The zero-order valence-corrected chi connectivity index (χ0v) is 18.0. The highest BCUT2D eigenvalue weighted by Crippen LogP contribution is 2.45. The third-order valence-corrected chi connectivity index (χ3v) is 7.45. The van der Waals surface area contributed by atoms with E-state index in [0.29, 0.717) is 5.56 Å². The van der Waals surface area contributed by atoms with Crippen LogP contribution >= 0.6 is 11.3 Å². The molecule has 4 rings (SSSR count). The molecule has 1 aromatic carbocycles. The fraction of sp³-hybridized carbons (Fsp3) is 0.417. The maximum atomic E-state index is 13.1. The summed E-state index contributed by atoms with van der Waals surface area (Å²) in [6.45, 7) is 5.99. The normalized spacial score (nSPS) is 22.4. The smallest absolute Gasteiger partial charge is 0.295 e. The molecule has 0 radical (unpaired) electrons. The van der Waals surface area contributed by atoms with Crippen molar-refractivity contribution in [2.75, 3.05) is 0 Å². The molecule has 0 bridgehead atoms. The molecule has 29 heavy (non-hydrogen) atoms. The number of aliphatic hydroxyl groups excluding tert-OH is 1. The zero-order chi connectivity index (χ0) is 20.7. The first-order chi connectivity index (χ1) is 13.9. The molecular formula is C24H27NO3S. The Balaban J connectivity index is 1.88. The van der Waals surface area contributed by atoms with E-state index in [-0.39, 0.29) is 17.4 Å². The third-order valence-electron chi connectivity index (χ3n) is 6.38. The topological polar surface area (TPSA) is 57.6 Å². The van der Waals surface area contributed by atoms with Crippen LogP contribution in [0.3, 0.4) is 0 Å². The van der Waals surface area contributed by atoms with E-state index in [1.54, 1.807) is 16.2 Å². The predicted molar refractivity (Wildman–Crippen MR) is 116 cm³/mol. The average molecular weight is 410 g/mol. The summed E-state index contributed by atoms with van der Waals surface area (Å²) in [4.78, 5) is 29.0. The zero-order valence-electron chi connectivity index (χ0n) is 17.2. The van der Waals surface area contributed by atoms with E-state index < -0.39 is 17.7 Å². The van der Waals surface area contributed by atoms with Crippen molar-refractivity contribution >= 4 is 28.8 Å². The summed E-state index contributed by atoms with van der Waals surface area (Å²) in [7, 11) is 0. The van der Waals surface area contributed by atoms with Gasteiger partial charge in [-0.1, -0.05) is 31.4 Å². The summed E-state index contributed by atoms with van der Waals surface area (Å²) in [6, 6.07) is 7.21. The molecule has 0 spiro atoms. The molecule has 1 N–H and O–H groups in total. The fourth-order valence-corrected chi connectivity index (χ4v) is 5.59. The summed E-state index contributed by atoms with van der Waals surface area (Å²) >= 11 is 1.55. The van der Waals surface area contributed by atoms with Gasteiger partial charge in [-0.3, -0.25) is 9.59 Å². The minimum absolute atomic E-state index is 0.0525. The molecule has 1 amide bonds. The van der Waals surface area contributed by atoms with E-state index in [4.69, 9.17) is 0 Å².